The number of nitrogens with zero attached hydrogens (tertiary/aromatic N) is 1. The lowest BCUT2D eigenvalue weighted by Crippen LogP contribution is -2.38. The first-order valence-corrected chi connectivity index (χ1v) is 7.13. The van der Waals surface area contributed by atoms with Crippen molar-refractivity contribution in [3.63, 3.8) is 0 Å². The molecule has 0 aliphatic carbocycles. The number of piperidine rings is 1. The molecular formula is C15H20ClNO. The predicted octanol–water partition coefficient (Wildman–Crippen LogP) is 3.99. The van der Waals surface area contributed by atoms with Gasteiger partial charge in [0.2, 0.25) is 0 Å². The molecule has 98 valence electrons. The molecule has 0 bridgehead atoms. The van der Waals surface area contributed by atoms with E-state index in [-0.39, 0.29) is 5.91 Å². The van der Waals surface area contributed by atoms with Gasteiger partial charge in [0, 0.05) is 23.7 Å². The normalized spacial score (nSPS) is 16.9. The summed E-state index contributed by atoms with van der Waals surface area (Å²) in [5.74, 6) is 0.922. The van der Waals surface area contributed by atoms with Gasteiger partial charge in [-0.1, -0.05) is 37.4 Å². The molecule has 0 radical (unpaired) electrons. The Labute approximate surface area is 114 Å². The number of carbonyl (C=O) groups excluding carboxylic acids is 1. The van der Waals surface area contributed by atoms with Crippen molar-refractivity contribution >= 4 is 17.5 Å². The Balaban J connectivity index is 1.95. The minimum absolute atomic E-state index is 0.118. The fourth-order valence-corrected chi connectivity index (χ4v) is 2.83. The van der Waals surface area contributed by atoms with E-state index in [9.17, 15) is 4.79 Å². The SMILES string of the molecule is CCCC1CCN(C(=O)c2cccc(Cl)c2)CC1. The zero-order chi connectivity index (χ0) is 13.0. The molecule has 2 nitrogen and oxygen atoms in total. The molecule has 0 saturated carbocycles. The van der Waals surface area contributed by atoms with Crippen LogP contribution in [0.4, 0.5) is 0 Å². The number of amides is 1. The monoisotopic (exact) mass is 265 g/mol. The summed E-state index contributed by atoms with van der Waals surface area (Å²) >= 11 is 5.92. The molecule has 0 N–H and O–H groups in total. The Morgan fingerprint density at radius 1 is 1.39 bits per heavy atom. The fourth-order valence-electron chi connectivity index (χ4n) is 2.64. The molecule has 1 aliphatic rings. The van der Waals surface area contributed by atoms with E-state index in [0.717, 1.165) is 31.8 Å². The van der Waals surface area contributed by atoms with Crippen LogP contribution in [0, 0.1) is 5.92 Å². The summed E-state index contributed by atoms with van der Waals surface area (Å²) in [5, 5.41) is 0.627. The predicted molar refractivity (Wildman–Crippen MR) is 75.0 cm³/mol. The lowest BCUT2D eigenvalue weighted by atomic mass is 9.92. The molecule has 1 aliphatic heterocycles. The number of carbonyl (C=O) groups is 1. The quantitative estimate of drug-likeness (QED) is 0.809. The molecule has 0 unspecified atom stereocenters. The van der Waals surface area contributed by atoms with Crippen LogP contribution in [0.15, 0.2) is 24.3 Å². The Bertz CT molecular complexity index is 411. The first-order chi connectivity index (χ1) is 8.70. The van der Waals surface area contributed by atoms with Gasteiger partial charge in [-0.25, -0.2) is 0 Å². The number of hydrogen-bond donors (Lipinski definition) is 0. The molecule has 0 spiro atoms. The number of likely N-dealkylation sites (tertiary alicyclic amines) is 1. The summed E-state index contributed by atoms with van der Waals surface area (Å²) in [6.45, 7) is 4.00. The molecule has 2 rings (SSSR count). The van der Waals surface area contributed by atoms with Gasteiger partial charge in [0.1, 0.15) is 0 Å². The highest BCUT2D eigenvalue weighted by Crippen LogP contribution is 2.23. The van der Waals surface area contributed by atoms with Gasteiger partial charge in [0.05, 0.1) is 0 Å². The third-order valence-electron chi connectivity index (χ3n) is 3.67. The van der Waals surface area contributed by atoms with Crippen molar-refractivity contribution in [2.24, 2.45) is 5.92 Å². The zero-order valence-corrected chi connectivity index (χ0v) is 11.6. The summed E-state index contributed by atoms with van der Waals surface area (Å²) < 4.78 is 0. The molecule has 1 amide bonds. The lowest BCUT2D eigenvalue weighted by Gasteiger charge is -2.32. The van der Waals surface area contributed by atoms with Crippen molar-refractivity contribution in [1.29, 1.82) is 0 Å². The van der Waals surface area contributed by atoms with E-state index in [2.05, 4.69) is 6.92 Å². The number of benzene rings is 1. The standard InChI is InChI=1S/C15H20ClNO/c1-2-4-12-7-9-17(10-8-12)15(18)13-5-3-6-14(16)11-13/h3,5-6,11-12H,2,4,7-10H2,1H3. The topological polar surface area (TPSA) is 20.3 Å². The molecular weight excluding hydrogens is 246 g/mol. The van der Waals surface area contributed by atoms with Crippen LogP contribution in [0.5, 0.6) is 0 Å². The second-order valence-corrected chi connectivity index (χ2v) is 5.47. The summed E-state index contributed by atoms with van der Waals surface area (Å²) in [5.41, 5.74) is 0.705. The highest BCUT2D eigenvalue weighted by Gasteiger charge is 2.23. The van der Waals surface area contributed by atoms with E-state index in [1.54, 1.807) is 12.1 Å². The van der Waals surface area contributed by atoms with Crippen LogP contribution in [0.1, 0.15) is 43.0 Å². The Morgan fingerprint density at radius 3 is 2.72 bits per heavy atom. The molecule has 3 heteroatoms. The van der Waals surface area contributed by atoms with Crippen LogP contribution >= 0.6 is 11.6 Å². The first-order valence-electron chi connectivity index (χ1n) is 6.75. The molecule has 1 heterocycles. The number of halogens is 1. The molecule has 0 aromatic heterocycles. The maximum atomic E-state index is 12.3. The van der Waals surface area contributed by atoms with Gasteiger partial charge in [-0.05, 0) is 37.0 Å². The minimum atomic E-state index is 0.118. The van der Waals surface area contributed by atoms with Crippen LogP contribution < -0.4 is 0 Å². The fraction of sp³-hybridized carbons (Fsp3) is 0.533. The third-order valence-corrected chi connectivity index (χ3v) is 3.91. The maximum absolute atomic E-state index is 12.3. The Kier molecular flexibility index (Phi) is 4.65. The third kappa shape index (κ3) is 3.26. The van der Waals surface area contributed by atoms with Crippen molar-refractivity contribution in [2.75, 3.05) is 13.1 Å². The Morgan fingerprint density at radius 2 is 2.11 bits per heavy atom. The van der Waals surface area contributed by atoms with Gasteiger partial charge in [0.15, 0.2) is 0 Å². The van der Waals surface area contributed by atoms with E-state index < -0.39 is 0 Å². The highest BCUT2D eigenvalue weighted by atomic mass is 35.5. The van der Waals surface area contributed by atoms with Gasteiger partial charge >= 0.3 is 0 Å². The van der Waals surface area contributed by atoms with Gasteiger partial charge in [0.25, 0.3) is 5.91 Å². The van der Waals surface area contributed by atoms with Crippen LogP contribution in [0.2, 0.25) is 5.02 Å². The van der Waals surface area contributed by atoms with Crippen molar-refractivity contribution in [3.8, 4) is 0 Å². The van der Waals surface area contributed by atoms with Crippen molar-refractivity contribution < 1.29 is 4.79 Å². The van der Waals surface area contributed by atoms with E-state index in [1.807, 2.05) is 17.0 Å². The number of rotatable bonds is 3. The van der Waals surface area contributed by atoms with Crippen LogP contribution in [-0.4, -0.2) is 23.9 Å². The van der Waals surface area contributed by atoms with Crippen molar-refractivity contribution in [2.45, 2.75) is 32.6 Å². The summed E-state index contributed by atoms with van der Waals surface area (Å²) in [7, 11) is 0. The average Bonchev–Trinajstić information content (AvgIpc) is 2.39. The maximum Gasteiger partial charge on any atom is 0.253 e. The molecule has 18 heavy (non-hydrogen) atoms. The van der Waals surface area contributed by atoms with Crippen molar-refractivity contribution in [1.82, 2.24) is 4.90 Å². The summed E-state index contributed by atoms with van der Waals surface area (Å²) in [6.07, 6.45) is 4.81. The number of hydrogen-bond acceptors (Lipinski definition) is 1. The van der Waals surface area contributed by atoms with Gasteiger partial charge in [-0.15, -0.1) is 0 Å². The molecule has 1 saturated heterocycles. The second-order valence-electron chi connectivity index (χ2n) is 5.03. The van der Waals surface area contributed by atoms with Gasteiger partial charge in [-0.2, -0.15) is 0 Å². The highest BCUT2D eigenvalue weighted by molar-refractivity contribution is 6.30. The second kappa shape index (κ2) is 6.24. The first kappa shape index (κ1) is 13.4. The van der Waals surface area contributed by atoms with Crippen LogP contribution in [0.3, 0.4) is 0 Å². The Hall–Kier alpha value is -1.02. The average molecular weight is 266 g/mol. The van der Waals surface area contributed by atoms with E-state index in [0.29, 0.717) is 10.6 Å². The summed E-state index contributed by atoms with van der Waals surface area (Å²) in [6, 6.07) is 7.22. The molecule has 1 aromatic carbocycles. The van der Waals surface area contributed by atoms with E-state index >= 15 is 0 Å². The van der Waals surface area contributed by atoms with Crippen LogP contribution in [-0.2, 0) is 0 Å². The van der Waals surface area contributed by atoms with Crippen molar-refractivity contribution in [3.05, 3.63) is 34.9 Å². The lowest BCUT2D eigenvalue weighted by molar-refractivity contribution is 0.0686. The van der Waals surface area contributed by atoms with Crippen LogP contribution in [0.25, 0.3) is 0 Å². The smallest absolute Gasteiger partial charge is 0.253 e. The molecule has 0 atom stereocenters. The summed E-state index contributed by atoms with van der Waals surface area (Å²) in [4.78, 5) is 14.2. The molecule has 1 aromatic rings. The molecule has 1 fully saturated rings. The van der Waals surface area contributed by atoms with E-state index in [1.165, 1.54) is 12.8 Å². The minimum Gasteiger partial charge on any atom is -0.339 e. The van der Waals surface area contributed by atoms with E-state index in [4.69, 9.17) is 11.6 Å². The largest absolute Gasteiger partial charge is 0.339 e. The zero-order valence-electron chi connectivity index (χ0n) is 10.9. The van der Waals surface area contributed by atoms with Gasteiger partial charge < -0.3 is 4.90 Å². The van der Waals surface area contributed by atoms with Gasteiger partial charge in [-0.3, -0.25) is 4.79 Å².